The van der Waals surface area contributed by atoms with E-state index in [1.807, 2.05) is 4.90 Å². The van der Waals surface area contributed by atoms with Crippen molar-refractivity contribution < 1.29 is 32.2 Å². The smallest absolute Gasteiger partial charge is 0.492 e. The molecule has 7 N–H and O–H groups in total. The zero-order chi connectivity index (χ0) is 26.4. The fraction of sp³-hybridized carbons (Fsp3) is 0.524. The first-order valence-electron chi connectivity index (χ1n) is 10.8. The number of amides is 2. The molecule has 198 valence electrons. The van der Waals surface area contributed by atoms with Crippen LogP contribution in [0.3, 0.4) is 0 Å². The van der Waals surface area contributed by atoms with Crippen molar-refractivity contribution in [3.8, 4) is 5.75 Å². The molecule has 1 aromatic rings. The van der Waals surface area contributed by atoms with Gasteiger partial charge in [-0.1, -0.05) is 6.07 Å². The van der Waals surface area contributed by atoms with E-state index in [-0.39, 0.29) is 24.0 Å². The van der Waals surface area contributed by atoms with Crippen LogP contribution in [0.2, 0.25) is 0 Å². The van der Waals surface area contributed by atoms with Crippen molar-refractivity contribution in [1.82, 2.24) is 15.5 Å². The Balaban J connectivity index is 0.000000354. The molecule has 0 aromatic heterocycles. The fourth-order valence-corrected chi connectivity index (χ4v) is 2.86. The van der Waals surface area contributed by atoms with Gasteiger partial charge in [0.1, 0.15) is 11.6 Å². The number of aliphatic hydroxyl groups is 1. The summed E-state index contributed by atoms with van der Waals surface area (Å²) in [6.07, 6.45) is 3.19. The minimum atomic E-state index is -4.86. The maximum absolute atomic E-state index is 13.5. The van der Waals surface area contributed by atoms with Crippen LogP contribution < -0.4 is 26.8 Å². The summed E-state index contributed by atoms with van der Waals surface area (Å²) in [5.74, 6) is -1.40. The number of aliphatic hydroxyl groups excluding tert-OH is 1. The standard InChI is InChI=1S/C12H12F4N2O2.C8H16N4O.CH4S/c13-10-5-9(20-12(14,15)16)4-1-7(10)6-17-11(19)18-8-2-3-8;9-6-7(13)11-8(10)12-4-2-1-3-5-12;1-2/h1,4-5,8H,2-3,6H2,(H2,17,18,19);6,13H,1-5,9H2,(H2,10,11);2H,1H3/b;7-6+;. The lowest BCUT2D eigenvalue weighted by Gasteiger charge is -2.27. The number of aliphatic imine (C=N–C) groups is 1. The third-order valence-corrected chi connectivity index (χ3v) is 4.67. The maximum atomic E-state index is 13.5. The topological polar surface area (TPSA) is 138 Å². The average molecular weight is 525 g/mol. The third-order valence-electron chi connectivity index (χ3n) is 4.67. The molecule has 0 radical (unpaired) electrons. The number of nitrogens with zero attached hydrogens (tertiary/aromatic N) is 2. The lowest BCUT2D eigenvalue weighted by molar-refractivity contribution is -0.274. The number of urea groups is 1. The van der Waals surface area contributed by atoms with E-state index in [4.69, 9.17) is 16.6 Å². The Morgan fingerprint density at radius 1 is 1.29 bits per heavy atom. The number of nitrogens with two attached hydrogens (primary N) is 2. The number of guanidine groups is 1. The fourth-order valence-electron chi connectivity index (χ4n) is 2.86. The van der Waals surface area contributed by atoms with Crippen LogP contribution in [0.25, 0.3) is 0 Å². The molecule has 35 heavy (non-hydrogen) atoms. The molecule has 9 nitrogen and oxygen atoms in total. The highest BCUT2D eigenvalue weighted by Gasteiger charge is 2.31. The second-order valence-corrected chi connectivity index (χ2v) is 7.44. The second kappa shape index (κ2) is 15.1. The van der Waals surface area contributed by atoms with Gasteiger partial charge < -0.3 is 36.8 Å². The molecule has 0 spiro atoms. The summed E-state index contributed by atoms with van der Waals surface area (Å²) in [5.41, 5.74) is 10.8. The Hall–Kier alpha value is -3.03. The molecule has 0 atom stereocenters. The molecule has 2 fully saturated rings. The monoisotopic (exact) mass is 524 g/mol. The normalized spacial score (nSPS) is 16.2. The number of hydrogen-bond donors (Lipinski definition) is 6. The van der Waals surface area contributed by atoms with E-state index in [0.717, 1.165) is 57.1 Å². The van der Waals surface area contributed by atoms with Gasteiger partial charge >= 0.3 is 12.4 Å². The van der Waals surface area contributed by atoms with Crippen molar-refractivity contribution in [3.05, 3.63) is 41.7 Å². The minimum absolute atomic E-state index is 0.0745. The summed E-state index contributed by atoms with van der Waals surface area (Å²) in [5, 5.41) is 14.1. The van der Waals surface area contributed by atoms with Crippen LogP contribution in [0.5, 0.6) is 5.75 Å². The van der Waals surface area contributed by atoms with Crippen molar-refractivity contribution >= 4 is 24.6 Å². The summed E-state index contributed by atoms with van der Waals surface area (Å²) < 4.78 is 53.0. The molecular formula is C21H32F4N6O3S. The molecule has 1 aliphatic carbocycles. The van der Waals surface area contributed by atoms with Gasteiger partial charge in [0, 0.05) is 37.3 Å². The molecule has 2 aliphatic rings. The number of halogens is 4. The van der Waals surface area contributed by atoms with Crippen LogP contribution in [0.15, 0.2) is 35.3 Å². The van der Waals surface area contributed by atoms with E-state index < -0.39 is 24.0 Å². The maximum Gasteiger partial charge on any atom is 0.573 e. The van der Waals surface area contributed by atoms with Gasteiger partial charge in [0.25, 0.3) is 0 Å². The van der Waals surface area contributed by atoms with E-state index in [2.05, 4.69) is 33.0 Å². The SMILES string of the molecule is CS.N/C=C(O)\N=C(/N)N1CCCCC1.O=C(NCc1ccc(OC(F)(F)F)cc1F)NC1CC1. The number of alkyl halides is 3. The summed E-state index contributed by atoms with van der Waals surface area (Å²) in [7, 11) is 0. The van der Waals surface area contributed by atoms with Crippen molar-refractivity contribution in [1.29, 1.82) is 0 Å². The lowest BCUT2D eigenvalue weighted by atomic mass is 10.1. The van der Waals surface area contributed by atoms with Gasteiger partial charge in [-0.2, -0.15) is 17.6 Å². The average Bonchev–Trinajstić information content (AvgIpc) is 3.63. The van der Waals surface area contributed by atoms with Gasteiger partial charge in [-0.15, -0.1) is 13.2 Å². The molecule has 1 aliphatic heterocycles. The summed E-state index contributed by atoms with van der Waals surface area (Å²) in [6.45, 7) is 1.71. The van der Waals surface area contributed by atoms with Crippen LogP contribution in [-0.4, -0.2) is 53.7 Å². The van der Waals surface area contributed by atoms with Gasteiger partial charge in [0.2, 0.25) is 5.88 Å². The number of carbonyl (C=O) groups excluding carboxylic acids is 1. The Morgan fingerprint density at radius 3 is 2.43 bits per heavy atom. The summed E-state index contributed by atoms with van der Waals surface area (Å²) >= 11 is 3.53. The number of carbonyl (C=O) groups is 1. The Labute approximate surface area is 207 Å². The number of ether oxygens (including phenoxy) is 1. The number of hydrogen-bond acceptors (Lipinski definition) is 6. The van der Waals surface area contributed by atoms with Crippen LogP contribution in [0, 0.1) is 5.82 Å². The zero-order valence-electron chi connectivity index (χ0n) is 19.3. The van der Waals surface area contributed by atoms with Crippen molar-refractivity contribution in [2.24, 2.45) is 16.5 Å². The highest BCUT2D eigenvalue weighted by molar-refractivity contribution is 7.79. The van der Waals surface area contributed by atoms with E-state index >= 15 is 0 Å². The molecular weight excluding hydrogens is 492 g/mol. The molecule has 14 heteroatoms. The Morgan fingerprint density at radius 2 is 1.91 bits per heavy atom. The number of nitrogens with one attached hydrogen (secondary N) is 2. The number of benzene rings is 1. The van der Waals surface area contributed by atoms with Crippen molar-refractivity contribution in [2.45, 2.75) is 51.1 Å². The number of piperidine rings is 1. The molecule has 3 rings (SSSR count). The molecule has 2 amide bonds. The molecule has 1 saturated heterocycles. The molecule has 0 unspecified atom stereocenters. The van der Waals surface area contributed by atoms with Crippen LogP contribution in [-0.2, 0) is 6.54 Å². The molecule has 1 saturated carbocycles. The van der Waals surface area contributed by atoms with Crippen LogP contribution >= 0.6 is 12.6 Å². The van der Waals surface area contributed by atoms with Gasteiger partial charge in [-0.3, -0.25) is 0 Å². The Kier molecular flexibility index (Phi) is 12.9. The van der Waals surface area contributed by atoms with Gasteiger partial charge in [0.05, 0.1) is 6.20 Å². The van der Waals surface area contributed by atoms with E-state index in [0.29, 0.717) is 12.0 Å². The van der Waals surface area contributed by atoms with Gasteiger partial charge in [-0.05, 0) is 44.4 Å². The highest BCUT2D eigenvalue weighted by Crippen LogP contribution is 2.24. The van der Waals surface area contributed by atoms with Gasteiger partial charge in [0.15, 0.2) is 5.96 Å². The first-order valence-corrected chi connectivity index (χ1v) is 11.7. The lowest BCUT2D eigenvalue weighted by Crippen LogP contribution is -2.40. The molecule has 0 bridgehead atoms. The summed E-state index contributed by atoms with van der Waals surface area (Å²) in [6, 6.07) is 2.49. The minimum Gasteiger partial charge on any atom is -0.492 e. The number of thiol groups is 1. The predicted molar refractivity (Wildman–Crippen MR) is 128 cm³/mol. The van der Waals surface area contributed by atoms with E-state index in [9.17, 15) is 22.4 Å². The molecule has 1 aromatic carbocycles. The van der Waals surface area contributed by atoms with Crippen molar-refractivity contribution in [2.75, 3.05) is 19.3 Å². The third kappa shape index (κ3) is 12.9. The number of likely N-dealkylation sites (tertiary alicyclic amines) is 1. The summed E-state index contributed by atoms with van der Waals surface area (Å²) in [4.78, 5) is 17.0. The Bertz CT molecular complexity index is 860. The van der Waals surface area contributed by atoms with E-state index in [1.165, 1.54) is 6.42 Å². The second-order valence-electron chi connectivity index (χ2n) is 7.44. The first-order chi connectivity index (χ1) is 16.6. The van der Waals surface area contributed by atoms with Crippen LogP contribution in [0.1, 0.15) is 37.7 Å². The van der Waals surface area contributed by atoms with Crippen molar-refractivity contribution in [3.63, 3.8) is 0 Å². The first kappa shape index (κ1) is 30.0. The predicted octanol–water partition coefficient (Wildman–Crippen LogP) is 3.33. The zero-order valence-corrected chi connectivity index (χ0v) is 20.2. The van der Waals surface area contributed by atoms with Crippen LogP contribution in [0.4, 0.5) is 22.4 Å². The van der Waals surface area contributed by atoms with E-state index in [1.54, 1.807) is 6.26 Å². The number of rotatable bonds is 5. The largest absolute Gasteiger partial charge is 0.573 e. The van der Waals surface area contributed by atoms with Gasteiger partial charge in [-0.25, -0.2) is 9.18 Å². The quantitative estimate of drug-likeness (QED) is 0.115. The highest BCUT2D eigenvalue weighted by atomic mass is 32.1. The molecule has 1 heterocycles.